The van der Waals surface area contributed by atoms with Gasteiger partial charge in [-0.05, 0) is 19.1 Å². The molecule has 0 bridgehead atoms. The van der Waals surface area contributed by atoms with Gasteiger partial charge in [0, 0.05) is 5.56 Å². The molecule has 9 heteroatoms. The van der Waals surface area contributed by atoms with Crippen LogP contribution >= 0.6 is 11.3 Å². The number of amides is 2. The van der Waals surface area contributed by atoms with Gasteiger partial charge in [-0.1, -0.05) is 53.8 Å². The van der Waals surface area contributed by atoms with E-state index >= 15 is 0 Å². The molecule has 2 heterocycles. The minimum absolute atomic E-state index is 0.132. The van der Waals surface area contributed by atoms with Crippen LogP contribution in [0, 0.1) is 0 Å². The number of rotatable bonds is 6. The van der Waals surface area contributed by atoms with Crippen LogP contribution in [0.4, 0.5) is 10.8 Å². The van der Waals surface area contributed by atoms with E-state index in [1.54, 1.807) is 31.2 Å². The average molecular weight is 437 g/mol. The number of hydrogen-bond acceptors (Lipinski definition) is 7. The molecule has 1 aromatic heterocycles. The van der Waals surface area contributed by atoms with Crippen LogP contribution in [0.2, 0.25) is 0 Å². The van der Waals surface area contributed by atoms with Gasteiger partial charge in [0.1, 0.15) is 17.2 Å². The molecule has 2 amide bonds. The largest absolute Gasteiger partial charge is 0.482 e. The molecule has 8 nitrogen and oxygen atoms in total. The summed E-state index contributed by atoms with van der Waals surface area (Å²) in [4.78, 5) is 43.5. The van der Waals surface area contributed by atoms with Crippen LogP contribution in [0.15, 0.2) is 54.6 Å². The third-order valence-corrected chi connectivity index (χ3v) is 5.44. The molecule has 0 atom stereocenters. The highest BCUT2D eigenvalue weighted by atomic mass is 32.1. The molecule has 0 saturated heterocycles. The topological polar surface area (TPSA) is 97.8 Å². The summed E-state index contributed by atoms with van der Waals surface area (Å²) in [6.45, 7) is 1.62. The fourth-order valence-electron chi connectivity index (χ4n) is 3.13. The lowest BCUT2D eigenvalue weighted by Crippen LogP contribution is -2.43. The smallest absolute Gasteiger partial charge is 0.350 e. The lowest BCUT2D eigenvalue weighted by Gasteiger charge is -2.28. The number of carbonyl (C=O) groups excluding carboxylic acids is 3. The molecule has 0 spiro atoms. The van der Waals surface area contributed by atoms with Crippen molar-refractivity contribution in [3.05, 3.63) is 59.5 Å². The maximum absolute atomic E-state index is 12.7. The van der Waals surface area contributed by atoms with E-state index in [1.807, 2.05) is 30.3 Å². The molecule has 31 heavy (non-hydrogen) atoms. The van der Waals surface area contributed by atoms with Crippen molar-refractivity contribution in [1.82, 2.24) is 4.98 Å². The maximum Gasteiger partial charge on any atom is 0.350 e. The molecular weight excluding hydrogens is 418 g/mol. The fourth-order valence-corrected chi connectivity index (χ4v) is 4.03. The lowest BCUT2D eigenvalue weighted by atomic mass is 10.1. The summed E-state index contributed by atoms with van der Waals surface area (Å²) in [6.07, 6.45) is 0. The minimum atomic E-state index is -0.503. The summed E-state index contributed by atoms with van der Waals surface area (Å²) >= 11 is 1.03. The standard InChI is InChI=1S/C22H19N3O5S/c1-2-29-21(28)20-19(14-8-4-3-5-9-14)24-22(31-20)23-17(26)12-25-15-10-6-7-11-16(15)30-13-18(25)27/h3-11H,2,12-13H2,1H3,(H,23,24,26). The molecule has 1 aliphatic heterocycles. The van der Waals surface area contributed by atoms with Crippen molar-refractivity contribution in [3.63, 3.8) is 0 Å². The first kappa shape index (κ1) is 20.5. The number of thiazole rings is 1. The highest BCUT2D eigenvalue weighted by Gasteiger charge is 2.28. The lowest BCUT2D eigenvalue weighted by molar-refractivity contribution is -0.123. The van der Waals surface area contributed by atoms with E-state index in [-0.39, 0.29) is 30.8 Å². The number of hydrogen-bond donors (Lipinski definition) is 1. The fraction of sp³-hybridized carbons (Fsp3) is 0.182. The zero-order valence-corrected chi connectivity index (χ0v) is 17.5. The SMILES string of the molecule is CCOC(=O)c1sc(NC(=O)CN2C(=O)COc3ccccc32)nc1-c1ccccc1. The molecular formula is C22H19N3O5S. The van der Waals surface area contributed by atoms with Crippen molar-refractivity contribution >= 4 is 39.9 Å². The van der Waals surface area contributed by atoms with Crippen LogP contribution in [0.5, 0.6) is 5.75 Å². The van der Waals surface area contributed by atoms with Gasteiger partial charge < -0.3 is 14.8 Å². The van der Waals surface area contributed by atoms with Gasteiger partial charge in [0.05, 0.1) is 18.0 Å². The second kappa shape index (κ2) is 8.97. The summed E-state index contributed by atoms with van der Waals surface area (Å²) in [7, 11) is 0. The Morgan fingerprint density at radius 3 is 2.68 bits per heavy atom. The first-order valence-electron chi connectivity index (χ1n) is 9.62. The van der Waals surface area contributed by atoms with Crippen molar-refractivity contribution in [2.75, 3.05) is 30.0 Å². The molecule has 1 aliphatic rings. The maximum atomic E-state index is 12.7. The molecule has 0 radical (unpaired) electrons. The summed E-state index contributed by atoms with van der Waals surface area (Å²) in [5, 5.41) is 2.94. The van der Waals surface area contributed by atoms with Gasteiger partial charge in [0.15, 0.2) is 11.7 Å². The number of para-hydroxylation sites is 2. The Morgan fingerprint density at radius 2 is 1.90 bits per heavy atom. The highest BCUT2D eigenvalue weighted by molar-refractivity contribution is 7.18. The van der Waals surface area contributed by atoms with Crippen LogP contribution in [0.3, 0.4) is 0 Å². The normalized spacial score (nSPS) is 12.7. The summed E-state index contributed by atoms with van der Waals surface area (Å²) in [6, 6.07) is 16.2. The average Bonchev–Trinajstić information content (AvgIpc) is 3.20. The molecule has 2 aromatic carbocycles. The van der Waals surface area contributed by atoms with Gasteiger partial charge in [0.2, 0.25) is 5.91 Å². The predicted octanol–water partition coefficient (Wildman–Crippen LogP) is 3.35. The van der Waals surface area contributed by atoms with Gasteiger partial charge in [-0.25, -0.2) is 9.78 Å². The van der Waals surface area contributed by atoms with E-state index in [1.165, 1.54) is 4.90 Å². The van der Waals surface area contributed by atoms with Crippen molar-refractivity contribution in [1.29, 1.82) is 0 Å². The van der Waals surface area contributed by atoms with Crippen molar-refractivity contribution in [2.24, 2.45) is 0 Å². The van der Waals surface area contributed by atoms with Crippen molar-refractivity contribution in [2.45, 2.75) is 6.92 Å². The van der Waals surface area contributed by atoms with E-state index in [9.17, 15) is 14.4 Å². The Kier molecular flexibility index (Phi) is 5.94. The number of fused-ring (bicyclic) bond motifs is 1. The number of nitrogens with one attached hydrogen (secondary N) is 1. The third-order valence-electron chi connectivity index (χ3n) is 4.49. The number of ether oxygens (including phenoxy) is 2. The minimum Gasteiger partial charge on any atom is -0.482 e. The number of carbonyl (C=O) groups is 3. The molecule has 158 valence electrons. The quantitative estimate of drug-likeness (QED) is 0.594. The summed E-state index contributed by atoms with van der Waals surface area (Å²) in [5.74, 6) is -0.712. The Hall–Kier alpha value is -3.72. The second-order valence-electron chi connectivity index (χ2n) is 6.57. The van der Waals surface area contributed by atoms with Gasteiger partial charge in [-0.2, -0.15) is 0 Å². The van der Waals surface area contributed by atoms with Crippen LogP contribution in [-0.4, -0.2) is 42.5 Å². The number of aromatic nitrogens is 1. The van der Waals surface area contributed by atoms with E-state index < -0.39 is 11.9 Å². The number of nitrogens with zero attached hydrogens (tertiary/aromatic N) is 2. The predicted molar refractivity (Wildman–Crippen MR) is 116 cm³/mol. The van der Waals surface area contributed by atoms with E-state index in [4.69, 9.17) is 9.47 Å². The van der Waals surface area contributed by atoms with Crippen LogP contribution in [0.25, 0.3) is 11.3 Å². The molecule has 0 aliphatic carbocycles. The van der Waals surface area contributed by atoms with E-state index in [2.05, 4.69) is 10.3 Å². The molecule has 0 fully saturated rings. The Balaban J connectivity index is 1.56. The molecule has 0 saturated carbocycles. The second-order valence-corrected chi connectivity index (χ2v) is 7.57. The molecule has 0 unspecified atom stereocenters. The number of anilines is 2. The zero-order chi connectivity index (χ0) is 21.8. The first-order chi connectivity index (χ1) is 15.1. The van der Waals surface area contributed by atoms with Crippen LogP contribution in [0.1, 0.15) is 16.6 Å². The van der Waals surface area contributed by atoms with E-state index in [0.29, 0.717) is 22.0 Å². The zero-order valence-electron chi connectivity index (χ0n) is 16.7. The Bertz CT molecular complexity index is 1130. The molecule has 4 rings (SSSR count). The molecule has 1 N–H and O–H groups in total. The van der Waals surface area contributed by atoms with Crippen molar-refractivity contribution < 1.29 is 23.9 Å². The summed E-state index contributed by atoms with van der Waals surface area (Å²) < 4.78 is 10.5. The monoisotopic (exact) mass is 437 g/mol. The van der Waals surface area contributed by atoms with Crippen LogP contribution in [-0.2, 0) is 14.3 Å². The molecule has 3 aromatic rings. The van der Waals surface area contributed by atoms with Crippen LogP contribution < -0.4 is 15.0 Å². The Labute approximate surface area is 182 Å². The third kappa shape index (κ3) is 4.41. The van der Waals surface area contributed by atoms with Gasteiger partial charge in [0.25, 0.3) is 5.91 Å². The van der Waals surface area contributed by atoms with Gasteiger partial charge in [-0.3, -0.25) is 14.5 Å². The van der Waals surface area contributed by atoms with Gasteiger partial charge in [-0.15, -0.1) is 0 Å². The first-order valence-corrected chi connectivity index (χ1v) is 10.4. The number of benzene rings is 2. The Morgan fingerprint density at radius 1 is 1.16 bits per heavy atom. The van der Waals surface area contributed by atoms with Crippen molar-refractivity contribution in [3.8, 4) is 17.0 Å². The highest BCUT2D eigenvalue weighted by Crippen LogP contribution is 2.33. The summed E-state index contributed by atoms with van der Waals surface area (Å²) in [5.41, 5.74) is 1.71. The van der Waals surface area contributed by atoms with Gasteiger partial charge >= 0.3 is 5.97 Å². The number of esters is 1. The van der Waals surface area contributed by atoms with E-state index in [0.717, 1.165) is 16.9 Å².